The Morgan fingerprint density at radius 3 is 2.59 bits per heavy atom. The van der Waals surface area contributed by atoms with E-state index in [4.69, 9.17) is 5.73 Å². The van der Waals surface area contributed by atoms with Crippen molar-refractivity contribution in [2.75, 3.05) is 5.73 Å². The van der Waals surface area contributed by atoms with Crippen LogP contribution in [-0.2, 0) is 15.8 Å². The molecular formula is C13H12F3N3O3. The first-order chi connectivity index (χ1) is 10.2. The summed E-state index contributed by atoms with van der Waals surface area (Å²) in [6, 6.07) is 1.71. The monoisotopic (exact) mass is 315 g/mol. The largest absolute Gasteiger partial charge is 0.417 e. The Kier molecular flexibility index (Phi) is 4.07. The molecule has 1 aliphatic rings. The fraction of sp³-hybridized carbons (Fsp3) is 0.308. The maximum atomic E-state index is 12.9. The molecule has 0 saturated carbocycles. The number of piperidine rings is 1. The number of imide groups is 1. The molecule has 0 bridgehead atoms. The first-order valence-electron chi connectivity index (χ1n) is 6.30. The molecule has 22 heavy (non-hydrogen) atoms. The van der Waals surface area contributed by atoms with Gasteiger partial charge in [0.1, 0.15) is 6.04 Å². The Hall–Kier alpha value is -2.58. The molecule has 118 valence electrons. The molecule has 0 radical (unpaired) electrons. The Morgan fingerprint density at radius 1 is 1.32 bits per heavy atom. The van der Waals surface area contributed by atoms with Crippen molar-refractivity contribution in [1.82, 2.24) is 10.6 Å². The maximum absolute atomic E-state index is 12.9. The van der Waals surface area contributed by atoms with Crippen LogP contribution in [0.5, 0.6) is 0 Å². The topological polar surface area (TPSA) is 101 Å². The first kappa shape index (κ1) is 15.8. The van der Waals surface area contributed by atoms with Crippen LogP contribution >= 0.6 is 0 Å². The third-order valence-corrected chi connectivity index (χ3v) is 3.14. The van der Waals surface area contributed by atoms with Gasteiger partial charge in [-0.3, -0.25) is 19.7 Å². The van der Waals surface area contributed by atoms with Crippen molar-refractivity contribution in [2.45, 2.75) is 25.1 Å². The van der Waals surface area contributed by atoms with E-state index in [2.05, 4.69) is 5.32 Å². The second-order valence-electron chi connectivity index (χ2n) is 4.78. The number of nitrogens with two attached hydrogens (primary N) is 1. The summed E-state index contributed by atoms with van der Waals surface area (Å²) in [6.07, 6.45) is -4.72. The van der Waals surface area contributed by atoms with Crippen LogP contribution in [0.1, 0.15) is 28.8 Å². The third-order valence-electron chi connectivity index (χ3n) is 3.14. The summed E-state index contributed by atoms with van der Waals surface area (Å²) in [6.45, 7) is 0. The zero-order valence-corrected chi connectivity index (χ0v) is 11.2. The summed E-state index contributed by atoms with van der Waals surface area (Å²) in [4.78, 5) is 34.5. The first-order valence-corrected chi connectivity index (χ1v) is 6.30. The number of hydrogen-bond acceptors (Lipinski definition) is 4. The van der Waals surface area contributed by atoms with Gasteiger partial charge in [0.15, 0.2) is 0 Å². The van der Waals surface area contributed by atoms with Gasteiger partial charge >= 0.3 is 6.18 Å². The Morgan fingerprint density at radius 2 is 2.00 bits per heavy atom. The second-order valence-corrected chi connectivity index (χ2v) is 4.78. The van der Waals surface area contributed by atoms with E-state index in [1.165, 1.54) is 0 Å². The van der Waals surface area contributed by atoms with Gasteiger partial charge in [-0.15, -0.1) is 0 Å². The fourth-order valence-electron chi connectivity index (χ4n) is 2.06. The van der Waals surface area contributed by atoms with Crippen molar-refractivity contribution in [3.8, 4) is 0 Å². The van der Waals surface area contributed by atoms with Gasteiger partial charge in [0.05, 0.1) is 11.1 Å². The molecule has 1 aromatic rings. The average molecular weight is 315 g/mol. The lowest BCUT2D eigenvalue weighted by Gasteiger charge is -2.22. The van der Waals surface area contributed by atoms with E-state index >= 15 is 0 Å². The second kappa shape index (κ2) is 5.66. The van der Waals surface area contributed by atoms with E-state index in [0.717, 1.165) is 12.1 Å². The van der Waals surface area contributed by atoms with Gasteiger partial charge < -0.3 is 11.1 Å². The number of carbonyl (C=O) groups is 3. The number of alkyl halides is 3. The molecule has 0 aliphatic carbocycles. The normalized spacial score (nSPS) is 18.8. The van der Waals surface area contributed by atoms with E-state index < -0.39 is 41.1 Å². The summed E-state index contributed by atoms with van der Waals surface area (Å²) in [5, 5.41) is 4.20. The molecule has 6 nitrogen and oxygen atoms in total. The zero-order chi connectivity index (χ0) is 16.5. The molecule has 1 atom stereocenters. The highest BCUT2D eigenvalue weighted by molar-refractivity contribution is 6.04. The number of rotatable bonds is 2. The molecule has 3 amide bonds. The number of benzene rings is 1. The Labute approximate surface area is 122 Å². The van der Waals surface area contributed by atoms with Gasteiger partial charge in [0.25, 0.3) is 5.91 Å². The molecule has 4 N–H and O–H groups in total. The van der Waals surface area contributed by atoms with Crippen LogP contribution in [0.4, 0.5) is 18.9 Å². The van der Waals surface area contributed by atoms with Crippen LogP contribution in [0.2, 0.25) is 0 Å². The molecule has 0 unspecified atom stereocenters. The van der Waals surface area contributed by atoms with Crippen LogP contribution in [0.25, 0.3) is 0 Å². The summed E-state index contributed by atoms with van der Waals surface area (Å²) in [5.74, 6) is -2.28. The molecular weight excluding hydrogens is 303 g/mol. The summed E-state index contributed by atoms with van der Waals surface area (Å²) >= 11 is 0. The highest BCUT2D eigenvalue weighted by atomic mass is 19.4. The number of nitrogen functional groups attached to an aromatic ring is 1. The highest BCUT2D eigenvalue weighted by Crippen LogP contribution is 2.33. The van der Waals surface area contributed by atoms with Crippen LogP contribution in [0.3, 0.4) is 0 Å². The molecule has 1 aliphatic heterocycles. The van der Waals surface area contributed by atoms with Crippen LogP contribution < -0.4 is 16.4 Å². The number of amides is 3. The Bertz CT molecular complexity index is 643. The standard InChI is InChI=1S/C13H12F3N3O3/c14-13(15,16)8-5-6(17)1-2-7(8)11(21)18-9-3-4-10(20)19-12(9)22/h1-2,5,9H,3-4,17H2,(H,18,21)(H,19,20,22)/t9-/m0/s1. The minimum atomic E-state index is -4.76. The predicted molar refractivity (Wildman–Crippen MR) is 69.5 cm³/mol. The van der Waals surface area contributed by atoms with Crippen molar-refractivity contribution in [2.24, 2.45) is 0 Å². The van der Waals surface area contributed by atoms with E-state index in [9.17, 15) is 27.6 Å². The van der Waals surface area contributed by atoms with Crippen molar-refractivity contribution < 1.29 is 27.6 Å². The summed E-state index contributed by atoms with van der Waals surface area (Å²) < 4.78 is 38.8. The van der Waals surface area contributed by atoms with E-state index in [-0.39, 0.29) is 18.5 Å². The van der Waals surface area contributed by atoms with E-state index in [1.54, 1.807) is 0 Å². The number of halogens is 3. The SMILES string of the molecule is Nc1ccc(C(=O)N[C@H]2CCC(=O)NC2=O)c(C(F)(F)F)c1. The van der Waals surface area contributed by atoms with Gasteiger partial charge in [-0.2, -0.15) is 13.2 Å². The quantitative estimate of drug-likeness (QED) is 0.555. The lowest BCUT2D eigenvalue weighted by atomic mass is 10.0. The molecule has 1 fully saturated rings. The highest BCUT2D eigenvalue weighted by Gasteiger charge is 2.36. The van der Waals surface area contributed by atoms with Gasteiger partial charge in [-0.1, -0.05) is 0 Å². The van der Waals surface area contributed by atoms with Crippen molar-refractivity contribution in [3.63, 3.8) is 0 Å². The fourth-order valence-corrected chi connectivity index (χ4v) is 2.06. The minimum absolute atomic E-state index is 0.00452. The lowest BCUT2D eigenvalue weighted by molar-refractivity contribution is -0.138. The molecule has 1 aromatic carbocycles. The van der Waals surface area contributed by atoms with Crippen LogP contribution in [-0.4, -0.2) is 23.8 Å². The molecule has 1 saturated heterocycles. The van der Waals surface area contributed by atoms with Crippen molar-refractivity contribution >= 4 is 23.4 Å². The van der Waals surface area contributed by atoms with E-state index in [0.29, 0.717) is 6.07 Å². The smallest absolute Gasteiger partial charge is 0.399 e. The van der Waals surface area contributed by atoms with Crippen molar-refractivity contribution in [3.05, 3.63) is 29.3 Å². The number of hydrogen-bond donors (Lipinski definition) is 3. The zero-order valence-electron chi connectivity index (χ0n) is 11.2. The maximum Gasteiger partial charge on any atom is 0.417 e. The molecule has 0 spiro atoms. The van der Waals surface area contributed by atoms with Crippen molar-refractivity contribution in [1.29, 1.82) is 0 Å². The average Bonchev–Trinajstić information content (AvgIpc) is 2.40. The van der Waals surface area contributed by atoms with E-state index in [1.807, 2.05) is 5.32 Å². The third kappa shape index (κ3) is 3.35. The van der Waals surface area contributed by atoms with Crippen LogP contribution in [0.15, 0.2) is 18.2 Å². The van der Waals surface area contributed by atoms with Gasteiger partial charge in [-0.25, -0.2) is 0 Å². The summed E-state index contributed by atoms with van der Waals surface area (Å²) in [7, 11) is 0. The summed E-state index contributed by atoms with van der Waals surface area (Å²) in [5.41, 5.74) is 3.36. The molecule has 9 heteroatoms. The molecule has 0 aromatic heterocycles. The number of carbonyl (C=O) groups excluding carboxylic acids is 3. The number of anilines is 1. The van der Waals surface area contributed by atoms with Crippen LogP contribution in [0, 0.1) is 0 Å². The van der Waals surface area contributed by atoms with Gasteiger partial charge in [0.2, 0.25) is 11.8 Å². The molecule has 1 heterocycles. The lowest BCUT2D eigenvalue weighted by Crippen LogP contribution is -2.52. The number of nitrogens with one attached hydrogen (secondary N) is 2. The molecule has 2 rings (SSSR count). The van der Waals surface area contributed by atoms with Gasteiger partial charge in [0, 0.05) is 12.1 Å². The van der Waals surface area contributed by atoms with Gasteiger partial charge in [-0.05, 0) is 24.6 Å². The minimum Gasteiger partial charge on any atom is -0.399 e. The Balaban J connectivity index is 2.23. The predicted octanol–water partition coefficient (Wildman–Crippen LogP) is 0.823.